The highest BCUT2D eigenvalue weighted by atomic mass is 35.5. The second kappa shape index (κ2) is 6.95. The first kappa shape index (κ1) is 17.3. The maximum absolute atomic E-state index is 12.8. The van der Waals surface area contributed by atoms with Crippen LogP contribution in [-0.4, -0.2) is 33.8 Å². The maximum atomic E-state index is 12.8. The summed E-state index contributed by atoms with van der Waals surface area (Å²) in [6, 6.07) is 13.3. The van der Waals surface area contributed by atoms with Crippen LogP contribution in [0.3, 0.4) is 0 Å². The van der Waals surface area contributed by atoms with E-state index in [1.165, 1.54) is 0 Å². The van der Waals surface area contributed by atoms with Gasteiger partial charge in [-0.3, -0.25) is 9.36 Å². The molecule has 0 bridgehead atoms. The fraction of sp³-hybridized carbons (Fsp3) is 0.286. The summed E-state index contributed by atoms with van der Waals surface area (Å²) in [5.41, 5.74) is 2.87. The van der Waals surface area contributed by atoms with Crippen molar-refractivity contribution < 1.29 is 9.53 Å². The molecule has 0 unspecified atom stereocenters. The summed E-state index contributed by atoms with van der Waals surface area (Å²) in [6.07, 6.45) is 4.79. The number of ether oxygens (including phenoxy) is 1. The van der Waals surface area contributed by atoms with Crippen LogP contribution < -0.4 is 9.64 Å². The third-order valence-electron chi connectivity index (χ3n) is 5.23. The smallest absolute Gasteiger partial charge is 0.264 e. The Balaban J connectivity index is 1.34. The molecule has 3 aromatic rings. The molecule has 0 spiro atoms. The van der Waals surface area contributed by atoms with Crippen molar-refractivity contribution in [2.45, 2.75) is 25.2 Å². The first-order valence-electron chi connectivity index (χ1n) is 9.41. The van der Waals surface area contributed by atoms with Gasteiger partial charge in [0.2, 0.25) is 0 Å². The molecular weight excluding hydrogens is 376 g/mol. The van der Waals surface area contributed by atoms with E-state index in [0.29, 0.717) is 23.2 Å². The van der Waals surface area contributed by atoms with E-state index in [0.717, 1.165) is 42.0 Å². The van der Waals surface area contributed by atoms with Crippen molar-refractivity contribution in [3.05, 3.63) is 65.2 Å². The van der Waals surface area contributed by atoms with Crippen molar-refractivity contribution in [1.29, 1.82) is 0 Å². The van der Waals surface area contributed by atoms with Crippen LogP contribution in [-0.2, 0) is 11.2 Å². The SMILES string of the molecule is O=C(COc1ccccc1-n1cnnc1C1CC1)N1CCc2cc(Cl)ccc21. The van der Waals surface area contributed by atoms with Gasteiger partial charge in [-0.2, -0.15) is 0 Å². The summed E-state index contributed by atoms with van der Waals surface area (Å²) in [4.78, 5) is 14.6. The van der Waals surface area contributed by atoms with Crippen molar-refractivity contribution in [2.24, 2.45) is 0 Å². The molecule has 1 aliphatic heterocycles. The van der Waals surface area contributed by atoms with E-state index in [9.17, 15) is 4.79 Å². The van der Waals surface area contributed by atoms with Gasteiger partial charge in [0.05, 0.1) is 5.69 Å². The molecule has 7 heteroatoms. The average Bonchev–Trinajstić information content (AvgIpc) is 3.28. The number of rotatable bonds is 5. The molecule has 1 fully saturated rings. The number of carbonyl (C=O) groups is 1. The molecule has 2 aromatic carbocycles. The van der Waals surface area contributed by atoms with Gasteiger partial charge in [0, 0.05) is 23.2 Å². The molecule has 0 atom stereocenters. The van der Waals surface area contributed by atoms with Crippen LogP contribution in [0.4, 0.5) is 5.69 Å². The molecule has 2 heterocycles. The Morgan fingerprint density at radius 2 is 2.04 bits per heavy atom. The minimum Gasteiger partial charge on any atom is -0.482 e. The second-order valence-electron chi connectivity index (χ2n) is 7.16. The van der Waals surface area contributed by atoms with Crippen molar-refractivity contribution >= 4 is 23.2 Å². The third kappa shape index (κ3) is 3.14. The normalized spacial score (nSPS) is 15.5. The van der Waals surface area contributed by atoms with E-state index in [1.54, 1.807) is 11.2 Å². The molecule has 0 saturated heterocycles. The molecule has 0 N–H and O–H groups in total. The number of hydrogen-bond donors (Lipinski definition) is 0. The Hall–Kier alpha value is -2.86. The van der Waals surface area contributed by atoms with E-state index < -0.39 is 0 Å². The lowest BCUT2D eigenvalue weighted by Crippen LogP contribution is -2.33. The van der Waals surface area contributed by atoms with Crippen LogP contribution in [0.15, 0.2) is 48.8 Å². The zero-order valence-corrected chi connectivity index (χ0v) is 16.0. The standard InChI is InChI=1S/C21H19ClN4O2/c22-16-7-8-17-15(11-16)9-10-25(17)20(27)12-28-19-4-2-1-3-18(19)26-13-23-24-21(26)14-5-6-14/h1-4,7-8,11,13-14H,5-6,9-10,12H2. The molecule has 1 aromatic heterocycles. The number of halogens is 1. The molecule has 1 amide bonds. The molecule has 0 radical (unpaired) electrons. The Morgan fingerprint density at radius 1 is 1.18 bits per heavy atom. The zero-order chi connectivity index (χ0) is 19.1. The number of aromatic nitrogens is 3. The summed E-state index contributed by atoms with van der Waals surface area (Å²) in [5, 5.41) is 9.01. The van der Waals surface area contributed by atoms with Crippen LogP contribution >= 0.6 is 11.6 Å². The van der Waals surface area contributed by atoms with Crippen molar-refractivity contribution in [1.82, 2.24) is 14.8 Å². The highest BCUT2D eigenvalue weighted by Gasteiger charge is 2.30. The lowest BCUT2D eigenvalue weighted by Gasteiger charge is -2.19. The Bertz CT molecular complexity index is 1040. The molecule has 142 valence electrons. The summed E-state index contributed by atoms with van der Waals surface area (Å²) in [6.45, 7) is 0.622. The molecule has 1 aliphatic carbocycles. The van der Waals surface area contributed by atoms with Gasteiger partial charge in [-0.25, -0.2) is 0 Å². The number of anilines is 1. The van der Waals surface area contributed by atoms with Gasteiger partial charge >= 0.3 is 0 Å². The molecule has 28 heavy (non-hydrogen) atoms. The summed E-state index contributed by atoms with van der Waals surface area (Å²) in [7, 11) is 0. The lowest BCUT2D eigenvalue weighted by molar-refractivity contribution is -0.120. The topological polar surface area (TPSA) is 60.3 Å². The van der Waals surface area contributed by atoms with Gasteiger partial charge in [0.1, 0.15) is 17.9 Å². The molecular formula is C21H19ClN4O2. The van der Waals surface area contributed by atoms with Crippen LogP contribution in [0.25, 0.3) is 5.69 Å². The van der Waals surface area contributed by atoms with Crippen molar-refractivity contribution in [3.8, 4) is 11.4 Å². The van der Waals surface area contributed by atoms with E-state index >= 15 is 0 Å². The van der Waals surface area contributed by atoms with E-state index in [2.05, 4.69) is 10.2 Å². The quantitative estimate of drug-likeness (QED) is 0.661. The highest BCUT2D eigenvalue weighted by Crippen LogP contribution is 2.40. The highest BCUT2D eigenvalue weighted by molar-refractivity contribution is 6.30. The Labute approximate surface area is 167 Å². The van der Waals surface area contributed by atoms with E-state index in [4.69, 9.17) is 16.3 Å². The number of hydrogen-bond acceptors (Lipinski definition) is 4. The van der Waals surface area contributed by atoms with Gasteiger partial charge in [0.15, 0.2) is 6.61 Å². The Morgan fingerprint density at radius 3 is 2.89 bits per heavy atom. The maximum Gasteiger partial charge on any atom is 0.264 e. The minimum absolute atomic E-state index is 0.0278. The molecule has 6 nitrogen and oxygen atoms in total. The van der Waals surface area contributed by atoms with Crippen molar-refractivity contribution in [2.75, 3.05) is 18.1 Å². The summed E-state index contributed by atoms with van der Waals surface area (Å²) < 4.78 is 7.90. The van der Waals surface area contributed by atoms with Crippen LogP contribution in [0.1, 0.15) is 30.1 Å². The first-order chi connectivity index (χ1) is 13.7. The van der Waals surface area contributed by atoms with Gasteiger partial charge in [-0.1, -0.05) is 23.7 Å². The van der Waals surface area contributed by atoms with Gasteiger partial charge in [0.25, 0.3) is 5.91 Å². The molecule has 1 saturated carbocycles. The van der Waals surface area contributed by atoms with Gasteiger partial charge in [-0.15, -0.1) is 10.2 Å². The number of benzene rings is 2. The number of para-hydroxylation sites is 2. The monoisotopic (exact) mass is 394 g/mol. The Kier molecular flexibility index (Phi) is 4.28. The molecule has 5 rings (SSSR count). The second-order valence-corrected chi connectivity index (χ2v) is 7.59. The van der Waals surface area contributed by atoms with Crippen LogP contribution in [0, 0.1) is 0 Å². The average molecular weight is 395 g/mol. The first-order valence-corrected chi connectivity index (χ1v) is 9.79. The largest absolute Gasteiger partial charge is 0.482 e. The zero-order valence-electron chi connectivity index (χ0n) is 15.2. The predicted molar refractivity (Wildman–Crippen MR) is 106 cm³/mol. The number of nitrogens with zero attached hydrogens (tertiary/aromatic N) is 4. The van der Waals surface area contributed by atoms with E-state index in [1.807, 2.05) is 47.0 Å². The summed E-state index contributed by atoms with van der Waals surface area (Å²) >= 11 is 6.06. The number of carbonyl (C=O) groups excluding carboxylic acids is 1. The minimum atomic E-state index is -0.0675. The van der Waals surface area contributed by atoms with Crippen LogP contribution in [0.2, 0.25) is 5.02 Å². The predicted octanol–water partition coefficient (Wildman–Crippen LogP) is 3.77. The van der Waals surface area contributed by atoms with Crippen LogP contribution in [0.5, 0.6) is 5.75 Å². The third-order valence-corrected chi connectivity index (χ3v) is 5.47. The number of amides is 1. The fourth-order valence-electron chi connectivity index (χ4n) is 3.67. The van der Waals surface area contributed by atoms with E-state index in [-0.39, 0.29) is 12.5 Å². The lowest BCUT2D eigenvalue weighted by atomic mass is 10.2. The fourth-order valence-corrected chi connectivity index (χ4v) is 3.87. The van der Waals surface area contributed by atoms with Gasteiger partial charge in [-0.05, 0) is 55.2 Å². The van der Waals surface area contributed by atoms with Crippen molar-refractivity contribution in [3.63, 3.8) is 0 Å². The summed E-state index contributed by atoms with van der Waals surface area (Å²) in [5.74, 6) is 1.99. The van der Waals surface area contributed by atoms with Gasteiger partial charge < -0.3 is 9.64 Å². The molecule has 2 aliphatic rings. The number of fused-ring (bicyclic) bond motifs is 1.